The van der Waals surface area contributed by atoms with Crippen molar-refractivity contribution in [1.82, 2.24) is 0 Å². The SMILES string of the molecule is Cc1cc(Oc2ccc(Br)c(C)c2)c([C@H](C)O)cc1F. The molecule has 1 N–H and O–H groups in total. The fraction of sp³-hybridized carbons (Fsp3) is 0.250. The molecular formula is C16H16BrFO2. The molecule has 0 saturated carbocycles. The van der Waals surface area contributed by atoms with Crippen LogP contribution in [0.5, 0.6) is 11.5 Å². The Morgan fingerprint density at radius 2 is 1.85 bits per heavy atom. The number of aliphatic hydroxyl groups excluding tert-OH is 1. The highest BCUT2D eigenvalue weighted by molar-refractivity contribution is 9.10. The van der Waals surface area contributed by atoms with E-state index in [9.17, 15) is 9.50 Å². The maximum absolute atomic E-state index is 13.6. The molecule has 0 radical (unpaired) electrons. The predicted octanol–water partition coefficient (Wildman–Crippen LogP) is 5.05. The van der Waals surface area contributed by atoms with Gasteiger partial charge in [-0.3, -0.25) is 0 Å². The van der Waals surface area contributed by atoms with Crippen LogP contribution in [0.3, 0.4) is 0 Å². The van der Waals surface area contributed by atoms with Crippen molar-refractivity contribution in [3.8, 4) is 11.5 Å². The van der Waals surface area contributed by atoms with E-state index in [-0.39, 0.29) is 5.82 Å². The Hall–Kier alpha value is -1.39. The number of rotatable bonds is 3. The van der Waals surface area contributed by atoms with E-state index in [1.807, 2.05) is 25.1 Å². The fourth-order valence-corrected chi connectivity index (χ4v) is 2.14. The molecule has 2 rings (SSSR count). The van der Waals surface area contributed by atoms with Gasteiger partial charge in [0.25, 0.3) is 0 Å². The minimum Gasteiger partial charge on any atom is -0.457 e. The van der Waals surface area contributed by atoms with Crippen molar-refractivity contribution in [2.45, 2.75) is 26.9 Å². The largest absolute Gasteiger partial charge is 0.457 e. The highest BCUT2D eigenvalue weighted by Crippen LogP contribution is 2.33. The summed E-state index contributed by atoms with van der Waals surface area (Å²) in [6.07, 6.45) is -0.795. The minimum absolute atomic E-state index is 0.347. The van der Waals surface area contributed by atoms with E-state index in [2.05, 4.69) is 15.9 Å². The smallest absolute Gasteiger partial charge is 0.133 e. The third-order valence-electron chi connectivity index (χ3n) is 3.10. The average Bonchev–Trinajstić information content (AvgIpc) is 2.37. The lowest BCUT2D eigenvalue weighted by Gasteiger charge is -2.15. The van der Waals surface area contributed by atoms with Crippen LogP contribution in [0.1, 0.15) is 29.7 Å². The van der Waals surface area contributed by atoms with E-state index in [1.54, 1.807) is 19.9 Å². The van der Waals surface area contributed by atoms with E-state index in [0.29, 0.717) is 22.6 Å². The number of ether oxygens (including phenoxy) is 1. The molecule has 0 aromatic heterocycles. The number of hydrogen-bond donors (Lipinski definition) is 1. The standard InChI is InChI=1S/C16H16BrFO2/c1-9-6-12(4-5-14(9)17)20-16-7-10(2)15(18)8-13(16)11(3)19/h4-8,11,19H,1-3H3/t11-/m0/s1. The van der Waals surface area contributed by atoms with E-state index < -0.39 is 6.10 Å². The number of benzene rings is 2. The molecule has 0 aliphatic rings. The summed E-state index contributed by atoms with van der Waals surface area (Å²) in [5.74, 6) is 0.777. The van der Waals surface area contributed by atoms with Crippen molar-refractivity contribution in [1.29, 1.82) is 0 Å². The molecule has 0 fully saturated rings. The first-order chi connectivity index (χ1) is 9.38. The van der Waals surface area contributed by atoms with Crippen molar-refractivity contribution in [3.63, 3.8) is 0 Å². The zero-order valence-corrected chi connectivity index (χ0v) is 13.2. The van der Waals surface area contributed by atoms with Gasteiger partial charge in [-0.1, -0.05) is 15.9 Å². The molecule has 2 nitrogen and oxygen atoms in total. The predicted molar refractivity (Wildman–Crippen MR) is 80.7 cm³/mol. The minimum atomic E-state index is -0.795. The molecule has 20 heavy (non-hydrogen) atoms. The Balaban J connectivity index is 2.41. The van der Waals surface area contributed by atoms with Crippen LogP contribution in [-0.4, -0.2) is 5.11 Å². The van der Waals surface area contributed by atoms with Crippen LogP contribution >= 0.6 is 15.9 Å². The van der Waals surface area contributed by atoms with Crippen molar-refractivity contribution in [3.05, 3.63) is 57.3 Å². The van der Waals surface area contributed by atoms with Gasteiger partial charge in [0.2, 0.25) is 0 Å². The zero-order valence-electron chi connectivity index (χ0n) is 11.6. The summed E-state index contributed by atoms with van der Waals surface area (Å²) in [4.78, 5) is 0. The zero-order chi connectivity index (χ0) is 14.9. The first-order valence-corrected chi connectivity index (χ1v) is 7.10. The van der Waals surface area contributed by atoms with Crippen LogP contribution in [0.25, 0.3) is 0 Å². The monoisotopic (exact) mass is 338 g/mol. The summed E-state index contributed by atoms with van der Waals surface area (Å²) in [7, 11) is 0. The van der Waals surface area contributed by atoms with Gasteiger partial charge in [-0.2, -0.15) is 0 Å². The molecule has 0 spiro atoms. The Morgan fingerprint density at radius 1 is 1.15 bits per heavy atom. The lowest BCUT2D eigenvalue weighted by Crippen LogP contribution is -1.99. The van der Waals surface area contributed by atoms with Gasteiger partial charge in [-0.15, -0.1) is 0 Å². The van der Waals surface area contributed by atoms with E-state index in [4.69, 9.17) is 4.74 Å². The Kier molecular flexibility index (Phi) is 4.45. The third kappa shape index (κ3) is 3.19. The molecule has 0 aliphatic heterocycles. The molecule has 0 aliphatic carbocycles. The molecule has 0 unspecified atom stereocenters. The van der Waals surface area contributed by atoms with Crippen LogP contribution in [0.4, 0.5) is 4.39 Å². The van der Waals surface area contributed by atoms with Gasteiger partial charge >= 0.3 is 0 Å². The van der Waals surface area contributed by atoms with Crippen molar-refractivity contribution >= 4 is 15.9 Å². The summed E-state index contributed by atoms with van der Waals surface area (Å²) in [5.41, 5.74) is 1.96. The number of hydrogen-bond acceptors (Lipinski definition) is 2. The van der Waals surface area contributed by atoms with Gasteiger partial charge in [0.1, 0.15) is 17.3 Å². The lowest BCUT2D eigenvalue weighted by molar-refractivity contribution is 0.195. The van der Waals surface area contributed by atoms with Crippen LogP contribution in [0.15, 0.2) is 34.8 Å². The summed E-state index contributed by atoms with van der Waals surface area (Å²) in [6.45, 7) is 5.22. The molecular weight excluding hydrogens is 323 g/mol. The van der Waals surface area contributed by atoms with Crippen LogP contribution in [0, 0.1) is 19.7 Å². The molecule has 0 saturated heterocycles. The Labute approximate surface area is 126 Å². The second kappa shape index (κ2) is 5.94. The van der Waals surface area contributed by atoms with E-state index in [1.165, 1.54) is 6.07 Å². The molecule has 0 amide bonds. The molecule has 2 aromatic carbocycles. The van der Waals surface area contributed by atoms with Crippen molar-refractivity contribution in [2.24, 2.45) is 0 Å². The van der Waals surface area contributed by atoms with Gasteiger partial charge in [-0.05, 0) is 62.2 Å². The average molecular weight is 339 g/mol. The molecule has 4 heteroatoms. The van der Waals surface area contributed by atoms with Gasteiger partial charge in [0, 0.05) is 10.0 Å². The molecule has 106 valence electrons. The number of aliphatic hydroxyl groups is 1. The second-order valence-electron chi connectivity index (χ2n) is 4.83. The summed E-state index contributed by atoms with van der Waals surface area (Å²) in [6, 6.07) is 8.52. The Morgan fingerprint density at radius 3 is 2.45 bits per heavy atom. The van der Waals surface area contributed by atoms with Crippen molar-refractivity contribution < 1.29 is 14.2 Å². The van der Waals surface area contributed by atoms with E-state index in [0.717, 1.165) is 10.0 Å². The van der Waals surface area contributed by atoms with E-state index >= 15 is 0 Å². The lowest BCUT2D eigenvalue weighted by atomic mass is 10.1. The van der Waals surface area contributed by atoms with Crippen LogP contribution in [0.2, 0.25) is 0 Å². The van der Waals surface area contributed by atoms with Gasteiger partial charge in [0.15, 0.2) is 0 Å². The normalized spacial score (nSPS) is 12.3. The summed E-state index contributed by atoms with van der Waals surface area (Å²) in [5, 5.41) is 9.74. The first-order valence-electron chi connectivity index (χ1n) is 6.30. The second-order valence-corrected chi connectivity index (χ2v) is 5.68. The highest BCUT2D eigenvalue weighted by atomic mass is 79.9. The molecule has 0 bridgehead atoms. The van der Waals surface area contributed by atoms with Gasteiger partial charge in [0.05, 0.1) is 6.10 Å². The van der Waals surface area contributed by atoms with Crippen LogP contribution in [-0.2, 0) is 0 Å². The van der Waals surface area contributed by atoms with Crippen LogP contribution < -0.4 is 4.74 Å². The fourth-order valence-electron chi connectivity index (χ4n) is 1.89. The Bertz CT molecular complexity index is 639. The molecule has 2 aromatic rings. The number of aryl methyl sites for hydroxylation is 2. The summed E-state index contributed by atoms with van der Waals surface area (Å²) < 4.78 is 20.4. The molecule has 0 heterocycles. The highest BCUT2D eigenvalue weighted by Gasteiger charge is 2.14. The third-order valence-corrected chi connectivity index (χ3v) is 3.99. The number of halogens is 2. The van der Waals surface area contributed by atoms with Gasteiger partial charge < -0.3 is 9.84 Å². The molecule has 1 atom stereocenters. The van der Waals surface area contributed by atoms with Gasteiger partial charge in [-0.25, -0.2) is 4.39 Å². The maximum Gasteiger partial charge on any atom is 0.133 e. The maximum atomic E-state index is 13.6. The quantitative estimate of drug-likeness (QED) is 0.848. The first kappa shape index (κ1) is 15.0. The van der Waals surface area contributed by atoms with Crippen molar-refractivity contribution in [2.75, 3.05) is 0 Å². The summed E-state index contributed by atoms with van der Waals surface area (Å²) >= 11 is 3.43. The topological polar surface area (TPSA) is 29.5 Å².